The van der Waals surface area contributed by atoms with Crippen molar-refractivity contribution in [1.29, 1.82) is 0 Å². The Hall–Kier alpha value is -2.41. The second kappa shape index (κ2) is 8.95. The van der Waals surface area contributed by atoms with Crippen LogP contribution in [0.3, 0.4) is 0 Å². The van der Waals surface area contributed by atoms with Crippen LogP contribution in [-0.4, -0.2) is 40.0 Å². The van der Waals surface area contributed by atoms with E-state index in [9.17, 15) is 9.59 Å². The lowest BCUT2D eigenvalue weighted by Gasteiger charge is -2.36. The van der Waals surface area contributed by atoms with Crippen molar-refractivity contribution in [3.63, 3.8) is 0 Å². The van der Waals surface area contributed by atoms with Crippen molar-refractivity contribution >= 4 is 40.8 Å². The summed E-state index contributed by atoms with van der Waals surface area (Å²) in [5.74, 6) is -0.109. The zero-order valence-corrected chi connectivity index (χ0v) is 17.5. The van der Waals surface area contributed by atoms with Gasteiger partial charge in [0.2, 0.25) is 5.91 Å². The number of para-hydroxylation sites is 1. The number of aryl methyl sites for hydroxylation is 1. The first-order chi connectivity index (χ1) is 13.5. The standard InChI is InChI=1S/C21H21ClN4O2.ClH/c1-14-4-2-7-17-20(14)24-13-25(21(17)28)12-19(27)26-9-8-23-11-18(26)15-5-3-6-16(22)10-15;/h2-7,10,13,18,23H,8-9,11-12H2,1H3;1H. The number of aromatic nitrogens is 2. The number of halogens is 2. The largest absolute Gasteiger partial charge is 0.332 e. The number of fused-ring (bicyclic) bond motifs is 1. The molecule has 0 spiro atoms. The molecule has 2 aromatic carbocycles. The van der Waals surface area contributed by atoms with Crippen LogP contribution >= 0.6 is 24.0 Å². The molecule has 1 aliphatic heterocycles. The number of rotatable bonds is 3. The smallest absolute Gasteiger partial charge is 0.261 e. The summed E-state index contributed by atoms with van der Waals surface area (Å²) in [6, 6.07) is 12.9. The number of carbonyl (C=O) groups is 1. The fourth-order valence-electron chi connectivity index (χ4n) is 3.70. The van der Waals surface area contributed by atoms with Gasteiger partial charge in [0.05, 0.1) is 23.3 Å². The highest BCUT2D eigenvalue weighted by Gasteiger charge is 2.28. The van der Waals surface area contributed by atoms with Crippen molar-refractivity contribution < 1.29 is 4.79 Å². The highest BCUT2D eigenvalue weighted by atomic mass is 35.5. The van der Waals surface area contributed by atoms with Gasteiger partial charge < -0.3 is 10.2 Å². The second-order valence-corrected chi connectivity index (χ2v) is 7.45. The lowest BCUT2D eigenvalue weighted by atomic mass is 10.0. The first-order valence-electron chi connectivity index (χ1n) is 9.25. The van der Waals surface area contributed by atoms with E-state index in [1.165, 1.54) is 10.9 Å². The molecule has 1 unspecified atom stereocenters. The maximum Gasteiger partial charge on any atom is 0.261 e. The van der Waals surface area contributed by atoms with Crippen molar-refractivity contribution in [2.45, 2.75) is 19.5 Å². The molecule has 0 radical (unpaired) electrons. The predicted octanol–water partition coefficient (Wildman–Crippen LogP) is 2.95. The maximum absolute atomic E-state index is 13.1. The molecule has 1 saturated heterocycles. The third kappa shape index (κ3) is 4.29. The molecule has 0 bridgehead atoms. The quantitative estimate of drug-likeness (QED) is 0.690. The van der Waals surface area contributed by atoms with Gasteiger partial charge in [-0.1, -0.05) is 35.9 Å². The van der Waals surface area contributed by atoms with Crippen molar-refractivity contribution in [3.05, 3.63) is 75.3 Å². The molecule has 2 heterocycles. The van der Waals surface area contributed by atoms with Gasteiger partial charge in [0.15, 0.2) is 0 Å². The first kappa shape index (κ1) is 21.3. The van der Waals surface area contributed by atoms with Gasteiger partial charge in [-0.05, 0) is 36.2 Å². The van der Waals surface area contributed by atoms with Crippen molar-refractivity contribution in [1.82, 2.24) is 19.8 Å². The van der Waals surface area contributed by atoms with Crippen LogP contribution in [-0.2, 0) is 11.3 Å². The molecular formula is C21H22Cl2N4O2. The first-order valence-corrected chi connectivity index (χ1v) is 9.63. The molecule has 4 rings (SSSR count). The van der Waals surface area contributed by atoms with E-state index in [0.29, 0.717) is 35.6 Å². The van der Waals surface area contributed by atoms with Crippen molar-refractivity contribution in [2.75, 3.05) is 19.6 Å². The fraction of sp³-hybridized carbons (Fsp3) is 0.286. The summed E-state index contributed by atoms with van der Waals surface area (Å²) in [6.45, 7) is 3.82. The Bertz CT molecular complexity index is 1100. The van der Waals surface area contributed by atoms with E-state index in [0.717, 1.165) is 11.1 Å². The van der Waals surface area contributed by atoms with Crippen LogP contribution in [0.4, 0.5) is 0 Å². The Morgan fingerprint density at radius 2 is 2.07 bits per heavy atom. The zero-order chi connectivity index (χ0) is 19.7. The minimum Gasteiger partial charge on any atom is -0.332 e. The summed E-state index contributed by atoms with van der Waals surface area (Å²) in [5, 5.41) is 4.49. The van der Waals surface area contributed by atoms with Gasteiger partial charge >= 0.3 is 0 Å². The van der Waals surface area contributed by atoms with Crippen LogP contribution < -0.4 is 10.9 Å². The van der Waals surface area contributed by atoms with Gasteiger partial charge in [0.25, 0.3) is 5.56 Å². The molecule has 3 aromatic rings. The van der Waals surface area contributed by atoms with Crippen LogP contribution in [0.15, 0.2) is 53.6 Å². The number of hydrogen-bond donors (Lipinski definition) is 1. The van der Waals surface area contributed by atoms with Gasteiger partial charge in [-0.3, -0.25) is 14.2 Å². The molecule has 1 amide bonds. The molecule has 1 N–H and O–H groups in total. The van der Waals surface area contributed by atoms with Gasteiger partial charge in [-0.25, -0.2) is 4.98 Å². The number of nitrogens with one attached hydrogen (secondary N) is 1. The lowest BCUT2D eigenvalue weighted by molar-refractivity contribution is -0.135. The Balaban J connectivity index is 0.00000240. The van der Waals surface area contributed by atoms with Crippen LogP contribution in [0, 0.1) is 6.92 Å². The SMILES string of the molecule is Cc1cccc2c(=O)n(CC(=O)N3CCNCC3c3cccc(Cl)c3)cnc12.Cl. The average molecular weight is 433 g/mol. The molecule has 8 heteroatoms. The molecule has 1 fully saturated rings. The summed E-state index contributed by atoms with van der Waals surface area (Å²) >= 11 is 6.13. The van der Waals surface area contributed by atoms with E-state index < -0.39 is 0 Å². The topological polar surface area (TPSA) is 67.2 Å². The third-order valence-corrected chi connectivity index (χ3v) is 5.39. The lowest BCUT2D eigenvalue weighted by Crippen LogP contribution is -2.50. The summed E-state index contributed by atoms with van der Waals surface area (Å²) in [6.07, 6.45) is 1.46. The highest BCUT2D eigenvalue weighted by molar-refractivity contribution is 6.30. The summed E-state index contributed by atoms with van der Waals surface area (Å²) < 4.78 is 1.39. The summed E-state index contributed by atoms with van der Waals surface area (Å²) in [5.41, 5.74) is 2.40. The number of piperazine rings is 1. The van der Waals surface area contributed by atoms with Crippen LogP contribution in [0.2, 0.25) is 5.02 Å². The third-order valence-electron chi connectivity index (χ3n) is 5.16. The molecule has 6 nitrogen and oxygen atoms in total. The Kier molecular flexibility index (Phi) is 6.57. The number of benzene rings is 2. The number of hydrogen-bond acceptors (Lipinski definition) is 4. The van der Waals surface area contributed by atoms with Gasteiger partial charge in [0, 0.05) is 24.7 Å². The molecule has 0 aliphatic carbocycles. The van der Waals surface area contributed by atoms with Crippen molar-refractivity contribution in [2.24, 2.45) is 0 Å². The second-order valence-electron chi connectivity index (χ2n) is 7.01. The van der Waals surface area contributed by atoms with Gasteiger partial charge in [0.1, 0.15) is 6.54 Å². The van der Waals surface area contributed by atoms with Crippen LogP contribution in [0.25, 0.3) is 10.9 Å². The molecule has 29 heavy (non-hydrogen) atoms. The van der Waals surface area contributed by atoms with E-state index in [2.05, 4.69) is 10.3 Å². The number of nitrogens with zero attached hydrogens (tertiary/aromatic N) is 3. The monoisotopic (exact) mass is 432 g/mol. The van der Waals surface area contributed by atoms with Crippen LogP contribution in [0.5, 0.6) is 0 Å². The van der Waals surface area contributed by atoms with E-state index in [1.54, 1.807) is 6.07 Å². The normalized spacial score (nSPS) is 16.5. The molecule has 152 valence electrons. The molecule has 1 aromatic heterocycles. The zero-order valence-electron chi connectivity index (χ0n) is 16.0. The Morgan fingerprint density at radius 1 is 1.28 bits per heavy atom. The van der Waals surface area contributed by atoms with Crippen molar-refractivity contribution in [3.8, 4) is 0 Å². The number of carbonyl (C=O) groups excluding carboxylic acids is 1. The van der Waals surface area contributed by atoms with Crippen LogP contribution in [0.1, 0.15) is 17.2 Å². The minimum atomic E-state index is -0.198. The van der Waals surface area contributed by atoms with Gasteiger partial charge in [-0.2, -0.15) is 0 Å². The van der Waals surface area contributed by atoms with E-state index >= 15 is 0 Å². The molecule has 0 saturated carbocycles. The fourth-order valence-corrected chi connectivity index (χ4v) is 3.90. The summed E-state index contributed by atoms with van der Waals surface area (Å²) in [4.78, 5) is 32.1. The average Bonchev–Trinajstić information content (AvgIpc) is 2.70. The van der Waals surface area contributed by atoms with Gasteiger partial charge in [-0.15, -0.1) is 12.4 Å². The molecule has 1 aliphatic rings. The van der Waals surface area contributed by atoms with E-state index in [1.807, 2.05) is 48.2 Å². The molecular weight excluding hydrogens is 411 g/mol. The number of amides is 1. The summed E-state index contributed by atoms with van der Waals surface area (Å²) in [7, 11) is 0. The Morgan fingerprint density at radius 3 is 2.86 bits per heavy atom. The molecule has 1 atom stereocenters. The Labute approximate surface area is 179 Å². The highest BCUT2D eigenvalue weighted by Crippen LogP contribution is 2.25. The predicted molar refractivity (Wildman–Crippen MR) is 117 cm³/mol. The van der Waals surface area contributed by atoms with E-state index in [-0.39, 0.29) is 36.5 Å². The maximum atomic E-state index is 13.1. The van der Waals surface area contributed by atoms with E-state index in [4.69, 9.17) is 11.6 Å². The minimum absolute atomic E-state index is 0.